The highest BCUT2D eigenvalue weighted by Gasteiger charge is 2.02. The number of carbonyl (C=O) groups is 2. The smallest absolute Gasteiger partial charge is 0.322 e. The van der Waals surface area contributed by atoms with E-state index < -0.39 is 5.97 Å². The van der Waals surface area contributed by atoms with Gasteiger partial charge < -0.3 is 15.2 Å². The van der Waals surface area contributed by atoms with Crippen LogP contribution in [0.3, 0.4) is 0 Å². The highest BCUT2D eigenvalue weighted by Crippen LogP contribution is 1.90. The molecule has 0 atom stereocenters. The van der Waals surface area contributed by atoms with Crippen LogP contribution in [0.25, 0.3) is 0 Å². The van der Waals surface area contributed by atoms with Gasteiger partial charge in [0.15, 0.2) is 0 Å². The summed E-state index contributed by atoms with van der Waals surface area (Å²) in [6, 6.07) is 0. The van der Waals surface area contributed by atoms with Gasteiger partial charge in [0.25, 0.3) is 0 Å². The molecule has 5 heteroatoms. The first kappa shape index (κ1) is 12.6. The van der Waals surface area contributed by atoms with Crippen LogP contribution in [0.15, 0.2) is 12.7 Å². The Morgan fingerprint density at radius 2 is 2.21 bits per heavy atom. The second-order valence-corrected chi connectivity index (χ2v) is 2.64. The monoisotopic (exact) mass is 201 g/mol. The molecule has 14 heavy (non-hydrogen) atoms. The molecule has 0 heterocycles. The van der Waals surface area contributed by atoms with E-state index >= 15 is 0 Å². The summed E-state index contributed by atoms with van der Waals surface area (Å²) in [5, 5.41) is 10.5. The van der Waals surface area contributed by atoms with Crippen LogP contribution in [0, 0.1) is 0 Å². The molecule has 0 saturated carbocycles. The van der Waals surface area contributed by atoms with Crippen LogP contribution in [-0.4, -0.2) is 36.7 Å². The van der Waals surface area contributed by atoms with Crippen molar-refractivity contribution in [1.29, 1.82) is 0 Å². The summed E-state index contributed by atoms with van der Waals surface area (Å²) in [4.78, 5) is 21.0. The number of aliphatic carboxylic acids is 1. The highest BCUT2D eigenvalue weighted by molar-refractivity contribution is 5.80. The van der Waals surface area contributed by atoms with Crippen molar-refractivity contribution in [3.8, 4) is 0 Å². The van der Waals surface area contributed by atoms with E-state index in [-0.39, 0.29) is 18.9 Å². The Morgan fingerprint density at radius 3 is 2.79 bits per heavy atom. The van der Waals surface area contributed by atoms with Gasteiger partial charge in [-0.25, -0.2) is 0 Å². The summed E-state index contributed by atoms with van der Waals surface area (Å²) in [5.41, 5.74) is 0. The number of carboxylic acids is 1. The summed E-state index contributed by atoms with van der Waals surface area (Å²) >= 11 is 0. The maximum absolute atomic E-state index is 10.9. The van der Waals surface area contributed by atoms with Gasteiger partial charge in [0.1, 0.15) is 6.54 Å². The first-order chi connectivity index (χ1) is 6.66. The Bertz CT molecular complexity index is 203. The van der Waals surface area contributed by atoms with Gasteiger partial charge in [0.2, 0.25) is 5.91 Å². The van der Waals surface area contributed by atoms with Crippen LogP contribution in [0.2, 0.25) is 0 Å². The molecule has 0 aliphatic carbocycles. The largest absolute Gasteiger partial charge is 0.480 e. The Hall–Kier alpha value is -1.36. The molecule has 1 amide bonds. The van der Waals surface area contributed by atoms with Crippen molar-refractivity contribution in [2.75, 3.05) is 19.8 Å². The standard InChI is InChI=1S/C9H15NO4/c1-2-5-14-6-3-4-8(11)10-7-9(12)13/h2H,1,3-7H2,(H,10,11)(H,12,13). The van der Waals surface area contributed by atoms with Crippen LogP contribution in [0.1, 0.15) is 12.8 Å². The van der Waals surface area contributed by atoms with Crippen molar-refractivity contribution in [1.82, 2.24) is 5.32 Å². The van der Waals surface area contributed by atoms with Gasteiger partial charge in [-0.05, 0) is 6.42 Å². The first-order valence-corrected chi connectivity index (χ1v) is 4.34. The molecule has 2 N–H and O–H groups in total. The van der Waals surface area contributed by atoms with E-state index in [1.165, 1.54) is 0 Å². The molecule has 0 saturated heterocycles. The van der Waals surface area contributed by atoms with E-state index in [2.05, 4.69) is 11.9 Å². The molecule has 0 rings (SSSR count). The lowest BCUT2D eigenvalue weighted by atomic mass is 10.3. The Balaban J connectivity index is 3.26. The number of amides is 1. The molecule has 0 aromatic heterocycles. The molecule has 5 nitrogen and oxygen atoms in total. The minimum atomic E-state index is -1.04. The van der Waals surface area contributed by atoms with Crippen molar-refractivity contribution in [3.05, 3.63) is 12.7 Å². The summed E-state index contributed by atoms with van der Waals surface area (Å²) < 4.78 is 5.04. The number of carbonyl (C=O) groups excluding carboxylic acids is 1. The van der Waals surface area contributed by atoms with Crippen molar-refractivity contribution in [3.63, 3.8) is 0 Å². The third-order valence-electron chi connectivity index (χ3n) is 1.36. The fraction of sp³-hybridized carbons (Fsp3) is 0.556. The zero-order chi connectivity index (χ0) is 10.8. The van der Waals surface area contributed by atoms with E-state index in [1.807, 2.05) is 0 Å². The quantitative estimate of drug-likeness (QED) is 0.433. The Labute approximate surface area is 82.7 Å². The third-order valence-corrected chi connectivity index (χ3v) is 1.36. The number of hydrogen-bond donors (Lipinski definition) is 2. The fourth-order valence-corrected chi connectivity index (χ4v) is 0.764. The van der Waals surface area contributed by atoms with Gasteiger partial charge in [-0.1, -0.05) is 6.08 Å². The molecule has 80 valence electrons. The lowest BCUT2D eigenvalue weighted by Crippen LogP contribution is -2.29. The van der Waals surface area contributed by atoms with Crippen LogP contribution < -0.4 is 5.32 Å². The fourth-order valence-electron chi connectivity index (χ4n) is 0.764. The maximum atomic E-state index is 10.9. The number of rotatable bonds is 8. The summed E-state index contributed by atoms with van der Waals surface area (Å²) in [6.45, 7) is 4.09. The molecule has 0 spiro atoms. The lowest BCUT2D eigenvalue weighted by molar-refractivity contribution is -0.138. The molecule has 0 fully saturated rings. The van der Waals surface area contributed by atoms with Crippen LogP contribution in [-0.2, 0) is 14.3 Å². The van der Waals surface area contributed by atoms with Crippen molar-refractivity contribution >= 4 is 11.9 Å². The van der Waals surface area contributed by atoms with Gasteiger partial charge in [-0.2, -0.15) is 0 Å². The van der Waals surface area contributed by atoms with Gasteiger partial charge in [0, 0.05) is 13.0 Å². The zero-order valence-electron chi connectivity index (χ0n) is 7.99. The third kappa shape index (κ3) is 8.73. The number of ether oxygens (including phenoxy) is 1. The summed E-state index contributed by atoms with van der Waals surface area (Å²) in [7, 11) is 0. The van der Waals surface area contributed by atoms with Crippen molar-refractivity contribution in [2.45, 2.75) is 12.8 Å². The predicted octanol–water partition coefficient (Wildman–Crippen LogP) is 0.170. The van der Waals surface area contributed by atoms with Crippen LogP contribution in [0.5, 0.6) is 0 Å². The Kier molecular flexibility index (Phi) is 7.45. The van der Waals surface area contributed by atoms with Crippen molar-refractivity contribution in [2.24, 2.45) is 0 Å². The number of carboxylic acid groups (broad SMARTS) is 1. The second-order valence-electron chi connectivity index (χ2n) is 2.64. The van der Waals surface area contributed by atoms with E-state index in [1.54, 1.807) is 6.08 Å². The molecule has 0 aliphatic heterocycles. The molecule has 0 bridgehead atoms. The highest BCUT2D eigenvalue weighted by atomic mass is 16.5. The van der Waals surface area contributed by atoms with E-state index in [4.69, 9.17) is 9.84 Å². The maximum Gasteiger partial charge on any atom is 0.322 e. The van der Waals surface area contributed by atoms with E-state index in [0.717, 1.165) is 0 Å². The zero-order valence-corrected chi connectivity index (χ0v) is 7.99. The molecule has 0 unspecified atom stereocenters. The lowest BCUT2D eigenvalue weighted by Gasteiger charge is -2.02. The normalized spacial score (nSPS) is 9.43. The average Bonchev–Trinajstić information content (AvgIpc) is 2.14. The minimum Gasteiger partial charge on any atom is -0.480 e. The van der Waals surface area contributed by atoms with Crippen LogP contribution >= 0.6 is 0 Å². The van der Waals surface area contributed by atoms with Gasteiger partial charge in [-0.3, -0.25) is 9.59 Å². The topological polar surface area (TPSA) is 75.6 Å². The summed E-state index contributed by atoms with van der Waals surface area (Å²) in [5.74, 6) is -1.31. The molecular weight excluding hydrogens is 186 g/mol. The van der Waals surface area contributed by atoms with Crippen molar-refractivity contribution < 1.29 is 19.4 Å². The average molecular weight is 201 g/mol. The number of nitrogens with one attached hydrogen (secondary N) is 1. The molecule has 0 aromatic rings. The van der Waals surface area contributed by atoms with Gasteiger partial charge in [-0.15, -0.1) is 6.58 Å². The second kappa shape index (κ2) is 8.25. The molecular formula is C9H15NO4. The van der Waals surface area contributed by atoms with E-state index in [0.29, 0.717) is 19.6 Å². The van der Waals surface area contributed by atoms with Gasteiger partial charge >= 0.3 is 5.97 Å². The Morgan fingerprint density at radius 1 is 1.50 bits per heavy atom. The number of hydrogen-bond acceptors (Lipinski definition) is 3. The van der Waals surface area contributed by atoms with Gasteiger partial charge in [0.05, 0.1) is 6.61 Å². The molecule has 0 aliphatic rings. The minimum absolute atomic E-state index is 0.269. The predicted molar refractivity (Wildman–Crippen MR) is 50.9 cm³/mol. The molecule has 0 aromatic carbocycles. The summed E-state index contributed by atoms with van der Waals surface area (Å²) in [6.07, 6.45) is 2.49. The molecule has 0 radical (unpaired) electrons. The van der Waals surface area contributed by atoms with E-state index in [9.17, 15) is 9.59 Å². The first-order valence-electron chi connectivity index (χ1n) is 4.34. The van der Waals surface area contributed by atoms with Crippen LogP contribution in [0.4, 0.5) is 0 Å². The SMILES string of the molecule is C=CCOCCCC(=O)NCC(=O)O.